The van der Waals surface area contributed by atoms with E-state index in [2.05, 4.69) is 15.2 Å². The summed E-state index contributed by atoms with van der Waals surface area (Å²) in [4.78, 5) is 18.3. The summed E-state index contributed by atoms with van der Waals surface area (Å²) in [6, 6.07) is 11.1. The summed E-state index contributed by atoms with van der Waals surface area (Å²) in [5, 5.41) is 6.82. The highest BCUT2D eigenvalue weighted by molar-refractivity contribution is 7.89. The quantitative estimate of drug-likeness (QED) is 0.646. The van der Waals surface area contributed by atoms with E-state index in [0.717, 1.165) is 11.4 Å². The zero-order valence-corrected chi connectivity index (χ0v) is 18.6. The van der Waals surface area contributed by atoms with Gasteiger partial charge >= 0.3 is 0 Å². The van der Waals surface area contributed by atoms with Crippen molar-refractivity contribution >= 4 is 15.7 Å². The fourth-order valence-electron chi connectivity index (χ4n) is 3.86. The van der Waals surface area contributed by atoms with Crippen LogP contribution in [0.1, 0.15) is 25.6 Å². The van der Waals surface area contributed by atoms with Gasteiger partial charge in [-0.2, -0.15) is 9.40 Å². The van der Waals surface area contributed by atoms with Crippen LogP contribution in [0.25, 0.3) is 11.3 Å². The Balaban J connectivity index is 1.56. The number of nitrogens with one attached hydrogen (secondary N) is 1. The Bertz CT molecular complexity index is 1230. The van der Waals surface area contributed by atoms with Crippen LogP contribution in [0.5, 0.6) is 0 Å². The van der Waals surface area contributed by atoms with Crippen LogP contribution in [0.3, 0.4) is 0 Å². The number of benzene rings is 1. The number of aryl methyl sites for hydroxylation is 1. The van der Waals surface area contributed by atoms with E-state index in [0.29, 0.717) is 37.6 Å². The van der Waals surface area contributed by atoms with Crippen molar-refractivity contribution in [3.63, 3.8) is 0 Å². The molecule has 0 atom stereocenters. The first kappa shape index (κ1) is 21.3. The van der Waals surface area contributed by atoms with Crippen LogP contribution in [0.4, 0.5) is 5.69 Å². The number of aromatic nitrogens is 4. The molecule has 1 aromatic carbocycles. The highest BCUT2D eigenvalue weighted by Crippen LogP contribution is 2.28. The zero-order chi connectivity index (χ0) is 22.2. The predicted octanol–water partition coefficient (Wildman–Crippen LogP) is 1.80. The Kier molecular flexibility index (Phi) is 5.67. The van der Waals surface area contributed by atoms with Crippen LogP contribution in [-0.4, -0.2) is 58.7 Å². The summed E-state index contributed by atoms with van der Waals surface area (Å²) < 4.78 is 29.5. The van der Waals surface area contributed by atoms with E-state index in [4.69, 9.17) is 0 Å². The molecule has 0 aliphatic carbocycles. The summed E-state index contributed by atoms with van der Waals surface area (Å²) in [7, 11) is -1.87. The molecule has 0 bridgehead atoms. The lowest BCUT2D eigenvalue weighted by molar-refractivity contribution is 0.383. The van der Waals surface area contributed by atoms with Gasteiger partial charge in [-0.05, 0) is 0 Å². The highest BCUT2D eigenvalue weighted by atomic mass is 32.2. The number of H-pyrrole nitrogens is 1. The van der Waals surface area contributed by atoms with Crippen molar-refractivity contribution in [2.24, 2.45) is 7.05 Å². The smallest absolute Gasteiger partial charge is 0.266 e. The lowest BCUT2D eigenvalue weighted by Gasteiger charge is -2.35. The van der Waals surface area contributed by atoms with Crippen LogP contribution in [-0.2, 0) is 17.1 Å². The average molecular weight is 443 g/mol. The number of sulfonamides is 1. The molecule has 3 heterocycles. The molecule has 9 nitrogen and oxygen atoms in total. The van der Waals surface area contributed by atoms with Gasteiger partial charge in [-0.3, -0.25) is 4.79 Å². The molecule has 0 spiro atoms. The van der Waals surface area contributed by atoms with E-state index >= 15 is 0 Å². The second-order valence-electron chi connectivity index (χ2n) is 7.93. The van der Waals surface area contributed by atoms with Crippen molar-refractivity contribution in [3.05, 3.63) is 58.8 Å². The summed E-state index contributed by atoms with van der Waals surface area (Å²) in [5.74, 6) is 0.866. The molecule has 164 valence electrons. The Labute approximate surface area is 181 Å². The van der Waals surface area contributed by atoms with Crippen molar-refractivity contribution in [2.45, 2.75) is 24.8 Å². The molecule has 1 fully saturated rings. The Morgan fingerprint density at radius 2 is 1.74 bits per heavy atom. The maximum absolute atomic E-state index is 13.1. The molecule has 31 heavy (non-hydrogen) atoms. The number of aromatic amines is 1. The molecule has 0 saturated carbocycles. The van der Waals surface area contributed by atoms with Crippen molar-refractivity contribution in [1.29, 1.82) is 0 Å². The predicted molar refractivity (Wildman–Crippen MR) is 119 cm³/mol. The van der Waals surface area contributed by atoms with Gasteiger partial charge < -0.3 is 9.47 Å². The Hall–Kier alpha value is -2.98. The van der Waals surface area contributed by atoms with E-state index in [9.17, 15) is 13.2 Å². The van der Waals surface area contributed by atoms with Crippen molar-refractivity contribution in [1.82, 2.24) is 24.1 Å². The van der Waals surface area contributed by atoms with E-state index in [1.165, 1.54) is 10.4 Å². The lowest BCUT2D eigenvalue weighted by atomic mass is 10.1. The number of piperazine rings is 1. The van der Waals surface area contributed by atoms with Gasteiger partial charge in [0.05, 0.1) is 5.69 Å². The molecular formula is C21H26N6O3S. The van der Waals surface area contributed by atoms with Crippen LogP contribution < -0.4 is 10.5 Å². The van der Waals surface area contributed by atoms with Crippen LogP contribution in [0, 0.1) is 0 Å². The van der Waals surface area contributed by atoms with E-state index < -0.39 is 10.0 Å². The Morgan fingerprint density at radius 1 is 1.06 bits per heavy atom. The van der Waals surface area contributed by atoms with Gasteiger partial charge in [-0.15, -0.1) is 0 Å². The highest BCUT2D eigenvalue weighted by Gasteiger charge is 2.32. The summed E-state index contributed by atoms with van der Waals surface area (Å²) in [6.45, 7) is 5.48. The third-order valence-electron chi connectivity index (χ3n) is 5.43. The van der Waals surface area contributed by atoms with Crippen LogP contribution in [0.2, 0.25) is 0 Å². The monoisotopic (exact) mass is 442 g/mol. The minimum atomic E-state index is -3.68. The molecular weight excluding hydrogens is 416 g/mol. The van der Waals surface area contributed by atoms with Crippen molar-refractivity contribution in [2.75, 3.05) is 31.1 Å². The van der Waals surface area contributed by atoms with Gasteiger partial charge in [0.2, 0.25) is 0 Å². The van der Waals surface area contributed by atoms with Crippen molar-refractivity contribution in [3.8, 4) is 11.3 Å². The number of hydrogen-bond donors (Lipinski definition) is 1. The molecule has 4 rings (SSSR count). The summed E-state index contributed by atoms with van der Waals surface area (Å²) >= 11 is 0. The summed E-state index contributed by atoms with van der Waals surface area (Å²) in [6.07, 6.45) is 1.57. The zero-order valence-electron chi connectivity index (χ0n) is 17.8. The SMILES string of the molecule is CC(C)c1nc(S(=O)(=O)N2CCN(c3cc(=O)[nH]nc3-c3ccccc3)CC2)cn1C. The molecule has 0 unspecified atom stereocenters. The van der Waals surface area contributed by atoms with E-state index in [1.807, 2.05) is 56.1 Å². The normalized spacial score (nSPS) is 15.5. The van der Waals surface area contributed by atoms with Gasteiger partial charge in [-0.1, -0.05) is 44.2 Å². The van der Waals surface area contributed by atoms with Gasteiger partial charge in [0.25, 0.3) is 15.6 Å². The van der Waals surface area contributed by atoms with Gasteiger partial charge in [0.15, 0.2) is 5.03 Å². The first-order valence-corrected chi connectivity index (χ1v) is 11.6. The minimum Gasteiger partial charge on any atom is -0.367 e. The molecule has 3 aromatic rings. The molecule has 1 aliphatic heterocycles. The second kappa shape index (κ2) is 8.27. The largest absolute Gasteiger partial charge is 0.367 e. The fraction of sp³-hybridized carbons (Fsp3) is 0.381. The lowest BCUT2D eigenvalue weighted by Crippen LogP contribution is -2.49. The topological polar surface area (TPSA) is 104 Å². The van der Waals surface area contributed by atoms with Crippen molar-refractivity contribution < 1.29 is 8.42 Å². The number of anilines is 1. The molecule has 10 heteroatoms. The standard InChI is InChI=1S/C21H26N6O3S/c1-15(2)21-22-19(14-25(21)3)31(29,30)27-11-9-26(10-12-27)17-13-18(28)23-24-20(17)16-7-5-4-6-8-16/h4-8,13-15H,9-12H2,1-3H3,(H,23,28). The third kappa shape index (κ3) is 4.13. The Morgan fingerprint density at radius 3 is 2.35 bits per heavy atom. The fourth-order valence-corrected chi connectivity index (χ4v) is 5.27. The number of imidazole rings is 1. The maximum Gasteiger partial charge on any atom is 0.266 e. The van der Waals surface area contributed by atoms with Gasteiger partial charge in [0.1, 0.15) is 11.5 Å². The number of hydrogen-bond acceptors (Lipinski definition) is 6. The average Bonchev–Trinajstić information content (AvgIpc) is 3.17. The molecule has 0 radical (unpaired) electrons. The number of rotatable bonds is 5. The van der Waals surface area contributed by atoms with Gasteiger partial charge in [-0.25, -0.2) is 18.5 Å². The van der Waals surface area contributed by atoms with Gasteiger partial charge in [0, 0.05) is 57.0 Å². The van der Waals surface area contributed by atoms with E-state index in [-0.39, 0.29) is 16.5 Å². The molecule has 0 amide bonds. The number of nitrogens with zero attached hydrogens (tertiary/aromatic N) is 5. The second-order valence-corrected chi connectivity index (χ2v) is 9.81. The first-order chi connectivity index (χ1) is 14.8. The van der Waals surface area contributed by atoms with E-state index in [1.54, 1.807) is 10.8 Å². The molecule has 1 saturated heterocycles. The summed E-state index contributed by atoms with van der Waals surface area (Å²) in [5.41, 5.74) is 1.97. The third-order valence-corrected chi connectivity index (χ3v) is 7.20. The molecule has 1 aliphatic rings. The van der Waals surface area contributed by atoms with Crippen LogP contribution in [0.15, 0.2) is 52.4 Å². The minimum absolute atomic E-state index is 0.0787. The molecule has 1 N–H and O–H groups in total. The first-order valence-electron chi connectivity index (χ1n) is 10.2. The molecule has 2 aromatic heterocycles. The van der Waals surface area contributed by atoms with Crippen LogP contribution >= 0.6 is 0 Å². The maximum atomic E-state index is 13.1.